The van der Waals surface area contributed by atoms with Gasteiger partial charge in [-0.25, -0.2) is 4.39 Å². The van der Waals surface area contributed by atoms with Gasteiger partial charge in [0.2, 0.25) is 0 Å². The van der Waals surface area contributed by atoms with Gasteiger partial charge >= 0.3 is 0 Å². The zero-order chi connectivity index (χ0) is 13.7. The van der Waals surface area contributed by atoms with E-state index in [0.29, 0.717) is 0 Å². The summed E-state index contributed by atoms with van der Waals surface area (Å²) in [6.45, 7) is 6.14. The van der Waals surface area contributed by atoms with Crippen LogP contribution in [0.15, 0.2) is 18.2 Å². The molecule has 0 aromatic heterocycles. The van der Waals surface area contributed by atoms with E-state index >= 15 is 0 Å². The van der Waals surface area contributed by atoms with Crippen LogP contribution >= 0.6 is 12.4 Å². The number of hydrogen-bond donors (Lipinski definition) is 1. The van der Waals surface area contributed by atoms with Gasteiger partial charge in [0.05, 0.1) is 0 Å². The minimum absolute atomic E-state index is 0. The lowest BCUT2D eigenvalue weighted by atomic mass is 9.96. The Morgan fingerprint density at radius 2 is 2.00 bits per heavy atom. The van der Waals surface area contributed by atoms with Crippen LogP contribution in [0, 0.1) is 11.7 Å². The van der Waals surface area contributed by atoms with Crippen molar-refractivity contribution in [3.8, 4) is 0 Å². The number of piperidine rings is 1. The molecule has 1 aliphatic heterocycles. The topological polar surface area (TPSA) is 15.3 Å². The van der Waals surface area contributed by atoms with Crippen molar-refractivity contribution in [3.63, 3.8) is 0 Å². The Morgan fingerprint density at radius 3 is 2.60 bits per heavy atom. The molecule has 2 nitrogen and oxygen atoms in total. The largest absolute Gasteiger partial charge is 0.319 e. The van der Waals surface area contributed by atoms with E-state index < -0.39 is 0 Å². The smallest absolute Gasteiger partial charge is 0.127 e. The maximum absolute atomic E-state index is 14.0. The summed E-state index contributed by atoms with van der Waals surface area (Å²) >= 11 is 0. The van der Waals surface area contributed by atoms with E-state index in [9.17, 15) is 4.39 Å². The second-order valence-corrected chi connectivity index (χ2v) is 5.51. The molecule has 0 spiro atoms. The molecule has 0 saturated carbocycles. The third-order valence-corrected chi connectivity index (χ3v) is 4.18. The van der Waals surface area contributed by atoms with Crippen LogP contribution in [0.4, 0.5) is 4.39 Å². The van der Waals surface area contributed by atoms with Crippen molar-refractivity contribution in [1.82, 2.24) is 10.2 Å². The van der Waals surface area contributed by atoms with Gasteiger partial charge in [-0.05, 0) is 63.5 Å². The van der Waals surface area contributed by atoms with Crippen molar-refractivity contribution in [3.05, 3.63) is 35.1 Å². The molecule has 0 bridgehead atoms. The molecule has 1 aliphatic rings. The van der Waals surface area contributed by atoms with E-state index in [2.05, 4.69) is 17.1 Å². The molecular formula is C16H26ClFN2. The molecule has 1 saturated heterocycles. The second kappa shape index (κ2) is 8.60. The highest BCUT2D eigenvalue weighted by Gasteiger charge is 2.20. The number of rotatable bonds is 5. The fourth-order valence-electron chi connectivity index (χ4n) is 2.97. The van der Waals surface area contributed by atoms with Crippen LogP contribution in [0.2, 0.25) is 0 Å². The predicted octanol–water partition coefficient (Wildman–Crippen LogP) is 3.24. The number of likely N-dealkylation sites (tertiary alicyclic amines) is 1. The van der Waals surface area contributed by atoms with Crippen molar-refractivity contribution < 1.29 is 4.39 Å². The highest BCUT2D eigenvalue weighted by atomic mass is 35.5. The van der Waals surface area contributed by atoms with Crippen LogP contribution < -0.4 is 5.32 Å². The lowest BCUT2D eigenvalue weighted by Gasteiger charge is -2.32. The summed E-state index contributed by atoms with van der Waals surface area (Å²) in [6, 6.07) is 5.45. The van der Waals surface area contributed by atoms with Crippen LogP contribution in [0.25, 0.3) is 0 Å². The summed E-state index contributed by atoms with van der Waals surface area (Å²) < 4.78 is 14.0. The van der Waals surface area contributed by atoms with Crippen LogP contribution in [-0.4, -0.2) is 31.6 Å². The summed E-state index contributed by atoms with van der Waals surface area (Å²) in [6.07, 6.45) is 3.34. The predicted molar refractivity (Wildman–Crippen MR) is 85.0 cm³/mol. The second-order valence-electron chi connectivity index (χ2n) is 5.51. The Labute approximate surface area is 128 Å². The van der Waals surface area contributed by atoms with Crippen LogP contribution in [0.1, 0.15) is 30.9 Å². The first-order chi connectivity index (χ1) is 9.24. The summed E-state index contributed by atoms with van der Waals surface area (Å²) in [4.78, 5) is 2.39. The average Bonchev–Trinajstić information content (AvgIpc) is 2.43. The Hall–Kier alpha value is -0.640. The maximum Gasteiger partial charge on any atom is 0.127 e. The Kier molecular flexibility index (Phi) is 7.49. The third kappa shape index (κ3) is 4.44. The van der Waals surface area contributed by atoms with Gasteiger partial charge in [0.1, 0.15) is 5.82 Å². The molecule has 4 heteroatoms. The fraction of sp³-hybridized carbons (Fsp3) is 0.625. The highest BCUT2D eigenvalue weighted by Crippen LogP contribution is 2.21. The number of nitrogens with one attached hydrogen (secondary N) is 1. The minimum atomic E-state index is -0.0447. The molecule has 0 atom stereocenters. The van der Waals surface area contributed by atoms with Crippen molar-refractivity contribution in [1.29, 1.82) is 0 Å². The van der Waals surface area contributed by atoms with Gasteiger partial charge in [0.15, 0.2) is 0 Å². The highest BCUT2D eigenvalue weighted by molar-refractivity contribution is 5.85. The van der Waals surface area contributed by atoms with E-state index in [-0.39, 0.29) is 18.2 Å². The summed E-state index contributed by atoms with van der Waals surface area (Å²) in [7, 11) is 2.01. The first-order valence-electron chi connectivity index (χ1n) is 7.37. The van der Waals surface area contributed by atoms with Gasteiger partial charge in [-0.1, -0.05) is 19.1 Å². The molecule has 0 radical (unpaired) electrons. The molecule has 1 aromatic rings. The van der Waals surface area contributed by atoms with Gasteiger partial charge in [-0.15, -0.1) is 12.4 Å². The maximum atomic E-state index is 14.0. The molecule has 1 aromatic carbocycles. The number of aryl methyl sites for hydroxylation is 1. The lowest BCUT2D eigenvalue weighted by molar-refractivity contribution is 0.174. The Bertz CT molecular complexity index is 403. The van der Waals surface area contributed by atoms with E-state index in [0.717, 1.165) is 49.6 Å². The standard InChI is InChI=1S/C16H25FN2.ClH/c1-3-14-5-4-6-16(17)15(14)12-19-9-7-13(8-10-19)11-18-2;/h4-6,13,18H,3,7-12H2,1-2H3;1H. The average molecular weight is 301 g/mol. The number of benzene rings is 1. The van der Waals surface area contributed by atoms with E-state index in [4.69, 9.17) is 0 Å². The van der Waals surface area contributed by atoms with Crippen LogP contribution in [-0.2, 0) is 13.0 Å². The number of halogens is 2. The van der Waals surface area contributed by atoms with E-state index in [1.165, 1.54) is 12.8 Å². The quantitative estimate of drug-likeness (QED) is 0.898. The third-order valence-electron chi connectivity index (χ3n) is 4.18. The zero-order valence-electron chi connectivity index (χ0n) is 12.5. The molecule has 1 fully saturated rings. The molecule has 1 heterocycles. The van der Waals surface area contributed by atoms with E-state index in [1.54, 1.807) is 6.07 Å². The fourth-order valence-corrected chi connectivity index (χ4v) is 2.97. The van der Waals surface area contributed by atoms with Gasteiger partial charge in [0, 0.05) is 12.1 Å². The van der Waals surface area contributed by atoms with Crippen LogP contribution in [0.5, 0.6) is 0 Å². The van der Waals surface area contributed by atoms with Crippen molar-refractivity contribution in [2.75, 3.05) is 26.7 Å². The van der Waals surface area contributed by atoms with E-state index in [1.807, 2.05) is 19.2 Å². The molecule has 114 valence electrons. The van der Waals surface area contributed by atoms with Gasteiger partial charge < -0.3 is 5.32 Å². The molecular weight excluding hydrogens is 275 g/mol. The number of nitrogens with zero attached hydrogens (tertiary/aromatic N) is 1. The summed E-state index contributed by atoms with van der Waals surface area (Å²) in [5.41, 5.74) is 2.05. The summed E-state index contributed by atoms with van der Waals surface area (Å²) in [5, 5.41) is 3.25. The number of hydrogen-bond acceptors (Lipinski definition) is 2. The van der Waals surface area contributed by atoms with Gasteiger partial charge in [-0.3, -0.25) is 4.90 Å². The van der Waals surface area contributed by atoms with Crippen LogP contribution in [0.3, 0.4) is 0 Å². The van der Waals surface area contributed by atoms with Gasteiger partial charge in [-0.2, -0.15) is 0 Å². The zero-order valence-corrected chi connectivity index (χ0v) is 13.3. The molecule has 2 rings (SSSR count). The molecule has 1 N–H and O–H groups in total. The monoisotopic (exact) mass is 300 g/mol. The van der Waals surface area contributed by atoms with Gasteiger partial charge in [0.25, 0.3) is 0 Å². The minimum Gasteiger partial charge on any atom is -0.319 e. The summed E-state index contributed by atoms with van der Waals surface area (Å²) in [5.74, 6) is 0.740. The van der Waals surface area contributed by atoms with Crippen molar-refractivity contribution >= 4 is 12.4 Å². The first-order valence-corrected chi connectivity index (χ1v) is 7.37. The Balaban J connectivity index is 0.00000200. The Morgan fingerprint density at radius 1 is 1.30 bits per heavy atom. The first kappa shape index (κ1) is 17.4. The normalized spacial score (nSPS) is 16.9. The lowest BCUT2D eigenvalue weighted by Crippen LogP contribution is -2.36. The molecule has 20 heavy (non-hydrogen) atoms. The van der Waals surface area contributed by atoms with Crippen molar-refractivity contribution in [2.45, 2.75) is 32.7 Å². The molecule has 0 aliphatic carbocycles. The van der Waals surface area contributed by atoms with Crippen molar-refractivity contribution in [2.24, 2.45) is 5.92 Å². The molecule has 0 unspecified atom stereocenters. The SMILES string of the molecule is CCc1cccc(F)c1CN1CCC(CNC)CC1.Cl. The molecule has 0 amide bonds.